The summed E-state index contributed by atoms with van der Waals surface area (Å²) < 4.78 is 4.31. The van der Waals surface area contributed by atoms with Gasteiger partial charge in [-0.1, -0.05) is 6.58 Å². The van der Waals surface area contributed by atoms with Crippen LogP contribution in [-0.4, -0.2) is 44.8 Å². The van der Waals surface area contributed by atoms with Crippen LogP contribution in [-0.2, 0) is 4.74 Å². The molecule has 0 saturated carbocycles. The van der Waals surface area contributed by atoms with Crippen LogP contribution in [0.2, 0.25) is 0 Å². The van der Waals surface area contributed by atoms with Crippen LogP contribution >= 0.6 is 0 Å². The van der Waals surface area contributed by atoms with E-state index in [0.717, 1.165) is 0 Å². The zero-order chi connectivity index (χ0) is 3.41. The molecule has 0 fully saturated rings. The molecule has 0 saturated heterocycles. The molecule has 0 aromatic heterocycles. The van der Waals surface area contributed by atoms with Crippen LogP contribution in [0, 0.1) is 0 Å². The number of ether oxygens (including phenoxy) is 1. The van der Waals surface area contributed by atoms with Gasteiger partial charge < -0.3 is 7.59 Å². The van der Waals surface area contributed by atoms with E-state index in [1.165, 1.54) is 6.26 Å². The molecule has 1 nitrogen and oxygen atoms in total. The van der Waals surface area contributed by atoms with Gasteiger partial charge in [-0.15, -0.1) is 0 Å². The molecule has 0 unspecified atom stereocenters. The minimum Gasteiger partial charge on any atom is -1.00 e. The molecule has 0 aromatic rings. The van der Waals surface area contributed by atoms with Gasteiger partial charge in [0.2, 0.25) is 0 Å². The Labute approximate surface area is 65.0 Å². The summed E-state index contributed by atoms with van der Waals surface area (Å²) in [7, 11) is 1.56. The average molecular weight is 100 g/mol. The zero-order valence-electron chi connectivity index (χ0n) is 5.40. The van der Waals surface area contributed by atoms with E-state index in [4.69, 9.17) is 0 Å². The first-order valence-electron chi connectivity index (χ1n) is 1.05. The van der Waals surface area contributed by atoms with E-state index in [9.17, 15) is 0 Å². The quantitative estimate of drug-likeness (QED) is 0.347. The van der Waals surface area contributed by atoms with E-state index in [1.807, 2.05) is 0 Å². The van der Waals surface area contributed by atoms with Crippen molar-refractivity contribution in [2.24, 2.45) is 0 Å². The Balaban J connectivity index is -0.0000000150. The molecule has 28 valence electrons. The molecule has 0 aliphatic carbocycles. The number of hydrogen-bond acceptors (Lipinski definition) is 1. The molecule has 0 aromatic carbocycles. The third kappa shape index (κ3) is 11.6. The van der Waals surface area contributed by atoms with Gasteiger partial charge in [-0.05, 0) is 0 Å². The second-order valence-electron chi connectivity index (χ2n) is 0.402. The second kappa shape index (κ2) is 8.84. The molecule has 0 atom stereocenters. The van der Waals surface area contributed by atoms with Gasteiger partial charge in [0, 0.05) is 0 Å². The molecule has 0 heterocycles. The van der Waals surface area contributed by atoms with E-state index in [1.54, 1.807) is 7.11 Å². The predicted octanol–water partition coefficient (Wildman–Crippen LogP) is 0.620. The Kier molecular flexibility index (Phi) is 16.4. The van der Waals surface area contributed by atoms with Crippen molar-refractivity contribution in [3.63, 3.8) is 0 Å². The van der Waals surface area contributed by atoms with Gasteiger partial charge in [-0.2, -0.15) is 0 Å². The van der Waals surface area contributed by atoms with E-state index < -0.39 is 0 Å². The minimum atomic E-state index is 0. The zero-order valence-corrected chi connectivity index (χ0v) is 5.61. The Hall–Kier alpha value is 0.800. The number of rotatable bonds is 1. The first kappa shape index (κ1) is 9.25. The van der Waals surface area contributed by atoms with Crippen molar-refractivity contribution >= 4 is 37.7 Å². The van der Waals surface area contributed by atoms with Gasteiger partial charge in [0.1, 0.15) is 0 Å². The van der Waals surface area contributed by atoms with E-state index in [-0.39, 0.29) is 40.6 Å². The smallest absolute Gasteiger partial charge is 1.00 e. The topological polar surface area (TPSA) is 9.23 Å². The first-order valence-corrected chi connectivity index (χ1v) is 1.05. The van der Waals surface area contributed by atoms with Gasteiger partial charge in [0.25, 0.3) is 0 Å². The Morgan fingerprint density at radius 2 is 2.20 bits per heavy atom. The van der Waals surface area contributed by atoms with Crippen molar-refractivity contribution in [1.82, 2.24) is 0 Å². The van der Waals surface area contributed by atoms with Crippen molar-refractivity contribution in [1.29, 1.82) is 0 Å². The van der Waals surface area contributed by atoms with Crippen LogP contribution in [0.3, 0.4) is 0 Å². The van der Waals surface area contributed by atoms with Crippen LogP contribution in [0.4, 0.5) is 0 Å². The molecule has 2 heteroatoms. The summed E-state index contributed by atoms with van der Waals surface area (Å²) in [6.07, 6.45) is 1.38. The first-order chi connectivity index (χ1) is 1.91. The van der Waals surface area contributed by atoms with Crippen LogP contribution < -0.4 is 0 Å². The van der Waals surface area contributed by atoms with Crippen LogP contribution in [0.25, 0.3) is 0 Å². The Morgan fingerprint density at radius 1 is 2.00 bits per heavy atom. The average Bonchev–Trinajstić information content (AvgIpc) is 1.37. The largest absolute Gasteiger partial charge is 2.00 e. The van der Waals surface area contributed by atoms with Crippen molar-refractivity contribution < 1.29 is 7.59 Å². The van der Waals surface area contributed by atoms with E-state index in [0.29, 0.717) is 0 Å². The monoisotopic (exact) mass is 100 g/mol. The number of hydrogen-bond donors (Lipinski definition) is 0. The van der Waals surface area contributed by atoms with Gasteiger partial charge in [-0.3, -0.25) is 0 Å². The molecule has 0 aliphatic rings. The maximum atomic E-state index is 4.31. The molecule has 0 aliphatic heterocycles. The van der Waals surface area contributed by atoms with Crippen LogP contribution in [0.1, 0.15) is 2.85 Å². The second-order valence-corrected chi connectivity index (χ2v) is 0.402. The fraction of sp³-hybridized carbons (Fsp3) is 0.333. The molecular formula is C3H8CaO. The maximum Gasteiger partial charge on any atom is 2.00 e. The summed E-state index contributed by atoms with van der Waals surface area (Å²) >= 11 is 0. The summed E-state index contributed by atoms with van der Waals surface area (Å²) in [5.74, 6) is 0. The fourth-order valence-electron chi connectivity index (χ4n) is 0. The van der Waals surface area contributed by atoms with Crippen molar-refractivity contribution in [2.45, 2.75) is 0 Å². The van der Waals surface area contributed by atoms with Crippen molar-refractivity contribution in [2.75, 3.05) is 7.11 Å². The fourth-order valence-corrected chi connectivity index (χ4v) is 0. The molecule has 0 spiro atoms. The predicted molar refractivity (Wildman–Crippen MR) is 25.2 cm³/mol. The summed E-state index contributed by atoms with van der Waals surface area (Å²) in [6, 6.07) is 0. The van der Waals surface area contributed by atoms with Gasteiger partial charge >= 0.3 is 37.7 Å². The van der Waals surface area contributed by atoms with Crippen molar-refractivity contribution in [3.8, 4) is 0 Å². The molecule has 0 rings (SSSR count). The minimum absolute atomic E-state index is 0. The standard InChI is InChI=1S/C3H6O.Ca.2H/c1-3-4-2;;;/h3H,1H2,2H3;;;/q;+2;2*-1. The van der Waals surface area contributed by atoms with E-state index >= 15 is 0 Å². The maximum absolute atomic E-state index is 4.31. The van der Waals surface area contributed by atoms with Crippen LogP contribution in [0.15, 0.2) is 12.8 Å². The summed E-state index contributed by atoms with van der Waals surface area (Å²) in [5.41, 5.74) is 0. The van der Waals surface area contributed by atoms with Gasteiger partial charge in [-0.25, -0.2) is 0 Å². The Morgan fingerprint density at radius 3 is 2.20 bits per heavy atom. The molecule has 0 N–H and O–H groups in total. The summed E-state index contributed by atoms with van der Waals surface area (Å²) in [4.78, 5) is 0. The van der Waals surface area contributed by atoms with Gasteiger partial charge in [0.05, 0.1) is 13.4 Å². The molecule has 0 radical (unpaired) electrons. The summed E-state index contributed by atoms with van der Waals surface area (Å²) in [5, 5.41) is 0. The Bertz CT molecular complexity index is 26.9. The number of methoxy groups -OCH3 is 1. The summed E-state index contributed by atoms with van der Waals surface area (Å²) in [6.45, 7) is 3.26. The molecule has 0 amide bonds. The SMILES string of the molecule is C=COC.[Ca+2].[H-].[H-]. The normalized spacial score (nSPS) is 4.20. The molecule has 0 bridgehead atoms. The van der Waals surface area contributed by atoms with E-state index in [2.05, 4.69) is 11.3 Å². The van der Waals surface area contributed by atoms with Gasteiger partial charge in [0.15, 0.2) is 0 Å². The third-order valence-electron chi connectivity index (χ3n) is 0.167. The third-order valence-corrected chi connectivity index (χ3v) is 0.167. The molecule has 5 heavy (non-hydrogen) atoms. The van der Waals surface area contributed by atoms with Crippen molar-refractivity contribution in [3.05, 3.63) is 12.8 Å². The van der Waals surface area contributed by atoms with Crippen LogP contribution in [0.5, 0.6) is 0 Å². The molecular weight excluding hydrogens is 92.1 g/mol.